The number of aromatic nitrogens is 2. The molecule has 1 saturated heterocycles. The minimum absolute atomic E-state index is 0.0624. The highest BCUT2D eigenvalue weighted by Gasteiger charge is 2.22. The monoisotopic (exact) mass is 402 g/mol. The Kier molecular flexibility index (Phi) is 6.30. The molecule has 9 heteroatoms. The number of benzene rings is 1. The maximum Gasteiger partial charge on any atom is 0.241 e. The van der Waals surface area contributed by atoms with Crippen LogP contribution in [-0.2, 0) is 9.59 Å². The molecule has 2 heterocycles. The smallest absolute Gasteiger partial charge is 0.241 e. The highest BCUT2D eigenvalue weighted by molar-refractivity contribution is 6.31. The average Bonchev–Trinajstić information content (AvgIpc) is 2.68. The zero-order valence-corrected chi connectivity index (χ0v) is 16.7. The highest BCUT2D eigenvalue weighted by Crippen LogP contribution is 2.23. The van der Waals surface area contributed by atoms with Crippen molar-refractivity contribution in [1.82, 2.24) is 14.9 Å². The number of amides is 2. The molecule has 0 atom stereocenters. The number of carbonyl (C=O) groups is 2. The van der Waals surface area contributed by atoms with Crippen molar-refractivity contribution >= 4 is 40.7 Å². The molecule has 0 radical (unpaired) electrons. The van der Waals surface area contributed by atoms with Crippen molar-refractivity contribution in [2.24, 2.45) is 0 Å². The van der Waals surface area contributed by atoms with E-state index in [2.05, 4.69) is 20.6 Å². The van der Waals surface area contributed by atoms with Crippen LogP contribution >= 0.6 is 11.6 Å². The van der Waals surface area contributed by atoms with Gasteiger partial charge in [0.25, 0.3) is 0 Å². The Labute approximate surface area is 168 Å². The predicted molar refractivity (Wildman–Crippen MR) is 110 cm³/mol. The van der Waals surface area contributed by atoms with Gasteiger partial charge in [-0.25, -0.2) is 9.97 Å². The molecule has 148 valence electrons. The Morgan fingerprint density at radius 1 is 1.29 bits per heavy atom. The third-order valence-corrected chi connectivity index (χ3v) is 5.04. The normalized spacial score (nSPS) is 14.2. The van der Waals surface area contributed by atoms with E-state index in [4.69, 9.17) is 11.6 Å². The molecule has 3 rings (SSSR count). The summed E-state index contributed by atoms with van der Waals surface area (Å²) >= 11 is 6.07. The quantitative estimate of drug-likeness (QED) is 0.769. The molecule has 28 heavy (non-hydrogen) atoms. The molecule has 1 fully saturated rings. The van der Waals surface area contributed by atoms with Crippen LogP contribution in [0.4, 0.5) is 17.3 Å². The Hall–Kier alpha value is -2.87. The Balaban J connectivity index is 1.52. The fourth-order valence-electron chi connectivity index (χ4n) is 2.83. The molecule has 2 N–H and O–H groups in total. The summed E-state index contributed by atoms with van der Waals surface area (Å²) in [6.45, 7) is 3.97. The summed E-state index contributed by atoms with van der Waals surface area (Å²) in [5, 5.41) is 6.61. The van der Waals surface area contributed by atoms with Gasteiger partial charge >= 0.3 is 0 Å². The van der Waals surface area contributed by atoms with Gasteiger partial charge in [-0.1, -0.05) is 17.7 Å². The number of piperazine rings is 1. The lowest BCUT2D eigenvalue weighted by atomic mass is 10.2. The Morgan fingerprint density at radius 3 is 2.89 bits per heavy atom. The second kappa shape index (κ2) is 8.88. The summed E-state index contributed by atoms with van der Waals surface area (Å²) in [7, 11) is 1.79. The van der Waals surface area contributed by atoms with Gasteiger partial charge in [-0.2, -0.15) is 0 Å². The van der Waals surface area contributed by atoms with Gasteiger partial charge in [0, 0.05) is 49.9 Å². The number of hydrogen-bond donors (Lipinski definition) is 2. The first-order valence-corrected chi connectivity index (χ1v) is 9.41. The van der Waals surface area contributed by atoms with Crippen LogP contribution in [0.2, 0.25) is 5.02 Å². The maximum atomic E-state index is 12.2. The fraction of sp³-hybridized carbons (Fsp3) is 0.368. The van der Waals surface area contributed by atoms with E-state index in [1.54, 1.807) is 30.1 Å². The van der Waals surface area contributed by atoms with Crippen molar-refractivity contribution in [2.75, 3.05) is 48.8 Å². The summed E-state index contributed by atoms with van der Waals surface area (Å²) in [6.07, 6.45) is 1.73. The Morgan fingerprint density at radius 2 is 2.11 bits per heavy atom. The van der Waals surface area contributed by atoms with Gasteiger partial charge < -0.3 is 20.4 Å². The minimum atomic E-state index is -0.114. The molecule has 1 aliphatic rings. The number of halogens is 1. The summed E-state index contributed by atoms with van der Waals surface area (Å²) in [5.74, 6) is 1.25. The molecular weight excluding hydrogens is 380 g/mol. The van der Waals surface area contributed by atoms with Gasteiger partial charge in [-0.15, -0.1) is 0 Å². The molecule has 1 aromatic heterocycles. The topological polar surface area (TPSA) is 90.5 Å². The largest absolute Gasteiger partial charge is 0.369 e. The van der Waals surface area contributed by atoms with Crippen LogP contribution in [0, 0.1) is 6.92 Å². The van der Waals surface area contributed by atoms with Crippen LogP contribution in [0.25, 0.3) is 0 Å². The number of nitrogens with one attached hydrogen (secondary N) is 2. The lowest BCUT2D eigenvalue weighted by molar-refractivity contribution is -0.129. The van der Waals surface area contributed by atoms with Crippen molar-refractivity contribution < 1.29 is 9.59 Å². The number of rotatable bonds is 6. The lowest BCUT2D eigenvalue weighted by Crippen LogP contribution is -2.48. The van der Waals surface area contributed by atoms with E-state index in [1.807, 2.05) is 17.9 Å². The number of likely N-dealkylation sites (N-methyl/N-ethyl adjacent to an activating group) is 1. The molecule has 0 aliphatic carbocycles. The first kappa shape index (κ1) is 19.9. The molecule has 0 bridgehead atoms. The van der Waals surface area contributed by atoms with Gasteiger partial charge in [0.1, 0.15) is 18.0 Å². The van der Waals surface area contributed by atoms with Crippen molar-refractivity contribution in [3.63, 3.8) is 0 Å². The van der Waals surface area contributed by atoms with E-state index in [9.17, 15) is 9.59 Å². The zero-order chi connectivity index (χ0) is 20.1. The third-order valence-electron chi connectivity index (χ3n) is 4.63. The molecule has 2 aromatic rings. The van der Waals surface area contributed by atoms with Crippen molar-refractivity contribution in [3.05, 3.63) is 41.2 Å². The maximum absolute atomic E-state index is 12.2. The molecule has 0 spiro atoms. The molecule has 2 amide bonds. The van der Waals surface area contributed by atoms with E-state index in [1.165, 1.54) is 6.33 Å². The summed E-state index contributed by atoms with van der Waals surface area (Å²) in [4.78, 5) is 36.1. The molecule has 0 unspecified atom stereocenters. The molecule has 1 aliphatic heterocycles. The van der Waals surface area contributed by atoms with E-state index >= 15 is 0 Å². The number of nitrogens with zero attached hydrogens (tertiary/aromatic N) is 4. The molecular formula is C19H23ClN6O2. The van der Waals surface area contributed by atoms with Crippen LogP contribution in [0.1, 0.15) is 12.0 Å². The van der Waals surface area contributed by atoms with Gasteiger partial charge in [0.2, 0.25) is 11.8 Å². The summed E-state index contributed by atoms with van der Waals surface area (Å²) in [5.41, 5.74) is 1.55. The highest BCUT2D eigenvalue weighted by atomic mass is 35.5. The van der Waals surface area contributed by atoms with Gasteiger partial charge in [-0.05, 0) is 24.6 Å². The van der Waals surface area contributed by atoms with Crippen LogP contribution in [0.5, 0.6) is 0 Å². The number of hydrogen-bond acceptors (Lipinski definition) is 6. The fourth-order valence-corrected chi connectivity index (χ4v) is 3.00. The van der Waals surface area contributed by atoms with Gasteiger partial charge in [0.05, 0.1) is 6.54 Å². The van der Waals surface area contributed by atoms with Gasteiger partial charge in [-0.3, -0.25) is 9.59 Å². The Bertz CT molecular complexity index is 875. The van der Waals surface area contributed by atoms with Crippen molar-refractivity contribution in [2.45, 2.75) is 13.3 Å². The van der Waals surface area contributed by atoms with E-state index in [0.29, 0.717) is 42.0 Å². The summed E-state index contributed by atoms with van der Waals surface area (Å²) in [6, 6.07) is 7.20. The minimum Gasteiger partial charge on any atom is -0.369 e. The lowest BCUT2D eigenvalue weighted by Gasteiger charge is -2.32. The number of carbonyl (C=O) groups excluding carboxylic acids is 2. The standard InChI is InChI=1S/C19H23ClN6O2/c1-13-14(20)4-3-5-15(13)24-18(27)6-7-21-16-10-17(23-12-22-16)26-9-8-25(2)19(28)11-26/h3-5,10,12H,6-9,11H2,1-2H3,(H,24,27)(H,21,22,23). The average molecular weight is 403 g/mol. The van der Waals surface area contributed by atoms with Crippen molar-refractivity contribution in [1.29, 1.82) is 0 Å². The molecule has 0 saturated carbocycles. The summed E-state index contributed by atoms with van der Waals surface area (Å²) < 4.78 is 0. The predicted octanol–water partition coefficient (Wildman–Crippen LogP) is 2.16. The van der Waals surface area contributed by atoms with Gasteiger partial charge in [0.15, 0.2) is 0 Å². The van der Waals surface area contributed by atoms with E-state index in [0.717, 1.165) is 12.1 Å². The molecule has 8 nitrogen and oxygen atoms in total. The second-order valence-electron chi connectivity index (χ2n) is 6.64. The van der Waals surface area contributed by atoms with E-state index < -0.39 is 0 Å². The second-order valence-corrected chi connectivity index (χ2v) is 7.04. The van der Waals surface area contributed by atoms with Crippen LogP contribution < -0.4 is 15.5 Å². The molecule has 1 aromatic carbocycles. The van der Waals surface area contributed by atoms with Crippen LogP contribution in [-0.4, -0.2) is 59.9 Å². The first-order valence-electron chi connectivity index (χ1n) is 9.04. The number of anilines is 3. The zero-order valence-electron chi connectivity index (χ0n) is 15.9. The van der Waals surface area contributed by atoms with Crippen LogP contribution in [0.3, 0.4) is 0 Å². The van der Waals surface area contributed by atoms with E-state index in [-0.39, 0.29) is 18.2 Å². The third kappa shape index (κ3) is 4.89. The SMILES string of the molecule is Cc1c(Cl)cccc1NC(=O)CCNc1cc(N2CCN(C)C(=O)C2)ncn1. The van der Waals surface area contributed by atoms with Crippen LogP contribution in [0.15, 0.2) is 30.6 Å². The van der Waals surface area contributed by atoms with Crippen molar-refractivity contribution in [3.8, 4) is 0 Å². The first-order chi connectivity index (χ1) is 13.4.